The van der Waals surface area contributed by atoms with Gasteiger partial charge in [0.2, 0.25) is 5.91 Å². The molecule has 2 saturated heterocycles. The van der Waals surface area contributed by atoms with Crippen LogP contribution in [-0.2, 0) is 9.53 Å². The van der Waals surface area contributed by atoms with Crippen LogP contribution in [0.2, 0.25) is 0 Å². The molecule has 0 aromatic carbocycles. The zero-order valence-corrected chi connectivity index (χ0v) is 12.9. The minimum absolute atomic E-state index is 0.174. The Morgan fingerprint density at radius 2 is 2.20 bits per heavy atom. The van der Waals surface area contributed by atoms with Gasteiger partial charge in [0.05, 0.1) is 17.8 Å². The zero-order chi connectivity index (χ0) is 14.2. The third-order valence-corrected chi connectivity index (χ3v) is 4.90. The Hall–Kier alpha value is -0.610. The lowest BCUT2D eigenvalue weighted by molar-refractivity contribution is -0.131. The third-order valence-electron chi connectivity index (χ3n) is 4.90. The second-order valence-electron chi connectivity index (χ2n) is 7.15. The normalized spacial score (nSPS) is 32.4. The zero-order valence-electron chi connectivity index (χ0n) is 12.9. The maximum absolute atomic E-state index is 12.6. The highest BCUT2D eigenvalue weighted by molar-refractivity contribution is 5.91. The summed E-state index contributed by atoms with van der Waals surface area (Å²) in [6.45, 7) is 6.21. The molecule has 1 aliphatic carbocycles. The molecule has 2 atom stereocenters. The van der Waals surface area contributed by atoms with Crippen LogP contribution in [-0.4, -0.2) is 41.8 Å². The molecule has 2 unspecified atom stereocenters. The van der Waals surface area contributed by atoms with Crippen LogP contribution in [0.4, 0.5) is 0 Å². The van der Waals surface area contributed by atoms with E-state index in [4.69, 9.17) is 4.74 Å². The average molecular weight is 280 g/mol. The number of nitrogens with zero attached hydrogens (tertiary/aromatic N) is 1. The summed E-state index contributed by atoms with van der Waals surface area (Å²) >= 11 is 0. The molecule has 1 saturated carbocycles. The van der Waals surface area contributed by atoms with Gasteiger partial charge in [-0.25, -0.2) is 0 Å². The summed E-state index contributed by atoms with van der Waals surface area (Å²) in [6.07, 6.45) is 8.34. The Labute approximate surface area is 122 Å². The summed E-state index contributed by atoms with van der Waals surface area (Å²) < 4.78 is 5.80. The minimum Gasteiger partial charge on any atom is -0.378 e. The fourth-order valence-corrected chi connectivity index (χ4v) is 3.57. The number of amides is 1. The van der Waals surface area contributed by atoms with Crippen LogP contribution in [0.25, 0.3) is 0 Å². The molecule has 0 bridgehead atoms. The van der Waals surface area contributed by atoms with E-state index in [1.165, 1.54) is 12.8 Å². The molecule has 3 rings (SSSR count). The maximum Gasteiger partial charge on any atom is 0.244 e. The molecule has 1 N–H and O–H groups in total. The quantitative estimate of drug-likeness (QED) is 0.840. The van der Waals surface area contributed by atoms with E-state index >= 15 is 0 Å². The molecule has 0 aromatic heterocycles. The summed E-state index contributed by atoms with van der Waals surface area (Å²) in [5.41, 5.74) is -0.174. The summed E-state index contributed by atoms with van der Waals surface area (Å²) in [5.74, 6) is 0.960. The number of rotatable bonds is 5. The van der Waals surface area contributed by atoms with Crippen molar-refractivity contribution in [2.75, 3.05) is 13.2 Å². The first-order valence-corrected chi connectivity index (χ1v) is 8.31. The fraction of sp³-hybridized carbons (Fsp3) is 0.938. The van der Waals surface area contributed by atoms with Gasteiger partial charge in [-0.1, -0.05) is 13.8 Å². The summed E-state index contributed by atoms with van der Waals surface area (Å²) in [4.78, 5) is 14.7. The Morgan fingerprint density at radius 3 is 2.80 bits per heavy atom. The lowest BCUT2D eigenvalue weighted by Gasteiger charge is -2.29. The molecule has 2 heterocycles. The minimum atomic E-state index is -0.174. The van der Waals surface area contributed by atoms with Gasteiger partial charge in [-0.2, -0.15) is 0 Å². The Bertz CT molecular complexity index is 359. The monoisotopic (exact) mass is 280 g/mol. The Balaban J connectivity index is 1.58. The molecule has 0 radical (unpaired) electrons. The molecular weight excluding hydrogens is 252 g/mol. The number of carbonyl (C=O) groups is 1. The van der Waals surface area contributed by atoms with Crippen molar-refractivity contribution >= 4 is 5.91 Å². The second-order valence-corrected chi connectivity index (χ2v) is 7.15. The van der Waals surface area contributed by atoms with E-state index in [0.29, 0.717) is 17.9 Å². The third kappa shape index (κ3) is 2.86. The topological polar surface area (TPSA) is 41.6 Å². The summed E-state index contributed by atoms with van der Waals surface area (Å²) in [6, 6.07) is 0. The maximum atomic E-state index is 12.6. The first kappa shape index (κ1) is 14.3. The Morgan fingerprint density at radius 1 is 1.40 bits per heavy atom. The SMILES string of the molecule is CC(C)CC1NC2(CC2)C(=O)N1CCC1CCCCO1. The van der Waals surface area contributed by atoms with Crippen LogP contribution >= 0.6 is 0 Å². The number of nitrogens with one attached hydrogen (secondary N) is 1. The lowest BCUT2D eigenvalue weighted by Crippen LogP contribution is -2.40. The standard InChI is InChI=1S/C16H28N2O2/c1-12(2)11-14-17-16(7-8-16)15(19)18(14)9-6-13-5-3-4-10-20-13/h12-14,17H,3-11H2,1-2H3. The van der Waals surface area contributed by atoms with Crippen LogP contribution < -0.4 is 5.32 Å². The Kier molecular flexibility index (Phi) is 4.04. The predicted molar refractivity (Wildman–Crippen MR) is 78.3 cm³/mol. The van der Waals surface area contributed by atoms with Gasteiger partial charge in [-0.3, -0.25) is 10.1 Å². The molecule has 114 valence electrons. The van der Waals surface area contributed by atoms with E-state index < -0.39 is 0 Å². The van der Waals surface area contributed by atoms with Gasteiger partial charge in [-0.05, 0) is 50.9 Å². The highest BCUT2D eigenvalue weighted by atomic mass is 16.5. The van der Waals surface area contributed by atoms with E-state index in [1.807, 2.05) is 0 Å². The molecule has 4 nitrogen and oxygen atoms in total. The summed E-state index contributed by atoms with van der Waals surface area (Å²) in [7, 11) is 0. The van der Waals surface area contributed by atoms with Gasteiger partial charge >= 0.3 is 0 Å². The van der Waals surface area contributed by atoms with Crippen molar-refractivity contribution in [3.8, 4) is 0 Å². The van der Waals surface area contributed by atoms with Crippen molar-refractivity contribution in [3.05, 3.63) is 0 Å². The number of ether oxygens (including phenoxy) is 1. The molecule has 3 aliphatic rings. The van der Waals surface area contributed by atoms with Gasteiger partial charge in [0.15, 0.2) is 0 Å². The van der Waals surface area contributed by atoms with Crippen molar-refractivity contribution in [2.45, 2.75) is 76.6 Å². The second kappa shape index (κ2) is 5.64. The van der Waals surface area contributed by atoms with Crippen molar-refractivity contribution < 1.29 is 9.53 Å². The predicted octanol–water partition coefficient (Wildman–Crippen LogP) is 2.28. The molecular formula is C16H28N2O2. The van der Waals surface area contributed by atoms with Gasteiger partial charge in [-0.15, -0.1) is 0 Å². The van der Waals surface area contributed by atoms with Gasteiger partial charge in [0.25, 0.3) is 0 Å². The van der Waals surface area contributed by atoms with Crippen LogP contribution in [0.3, 0.4) is 0 Å². The number of carbonyl (C=O) groups excluding carboxylic acids is 1. The van der Waals surface area contributed by atoms with Gasteiger partial charge in [0, 0.05) is 13.2 Å². The average Bonchev–Trinajstić information content (AvgIpc) is 3.15. The van der Waals surface area contributed by atoms with E-state index in [1.54, 1.807) is 0 Å². The van der Waals surface area contributed by atoms with E-state index in [0.717, 1.165) is 45.3 Å². The smallest absolute Gasteiger partial charge is 0.244 e. The highest BCUT2D eigenvalue weighted by Gasteiger charge is 2.58. The number of hydrogen-bond donors (Lipinski definition) is 1. The van der Waals surface area contributed by atoms with Crippen LogP contribution in [0.1, 0.15) is 58.8 Å². The molecule has 20 heavy (non-hydrogen) atoms. The fourth-order valence-electron chi connectivity index (χ4n) is 3.57. The van der Waals surface area contributed by atoms with Gasteiger partial charge < -0.3 is 9.64 Å². The largest absolute Gasteiger partial charge is 0.378 e. The first-order chi connectivity index (χ1) is 9.61. The van der Waals surface area contributed by atoms with Gasteiger partial charge in [0.1, 0.15) is 0 Å². The van der Waals surface area contributed by atoms with Crippen molar-refractivity contribution in [1.29, 1.82) is 0 Å². The molecule has 1 amide bonds. The molecule has 0 aromatic rings. The van der Waals surface area contributed by atoms with E-state index in [-0.39, 0.29) is 11.7 Å². The van der Waals surface area contributed by atoms with E-state index in [2.05, 4.69) is 24.1 Å². The molecule has 4 heteroatoms. The van der Waals surface area contributed by atoms with Crippen LogP contribution in [0.5, 0.6) is 0 Å². The van der Waals surface area contributed by atoms with Crippen LogP contribution in [0.15, 0.2) is 0 Å². The highest BCUT2D eigenvalue weighted by Crippen LogP contribution is 2.43. The first-order valence-electron chi connectivity index (χ1n) is 8.31. The summed E-state index contributed by atoms with van der Waals surface area (Å²) in [5, 5.41) is 3.60. The van der Waals surface area contributed by atoms with Crippen LogP contribution in [0, 0.1) is 5.92 Å². The molecule has 3 fully saturated rings. The van der Waals surface area contributed by atoms with Crippen molar-refractivity contribution in [3.63, 3.8) is 0 Å². The lowest BCUT2D eigenvalue weighted by atomic mass is 10.1. The van der Waals surface area contributed by atoms with E-state index in [9.17, 15) is 4.79 Å². The molecule has 2 aliphatic heterocycles. The number of hydrogen-bond acceptors (Lipinski definition) is 3. The van der Waals surface area contributed by atoms with Crippen molar-refractivity contribution in [2.24, 2.45) is 5.92 Å². The molecule has 1 spiro atoms. The van der Waals surface area contributed by atoms with Crippen molar-refractivity contribution in [1.82, 2.24) is 10.2 Å².